The molecule has 14 heteroatoms. The highest BCUT2D eigenvalue weighted by atomic mass is 31.1. The minimum Gasteiger partial charge on any atom is -0.575 e. The van der Waals surface area contributed by atoms with Gasteiger partial charge in [-0.15, -0.1) is 0 Å². The van der Waals surface area contributed by atoms with E-state index < -0.39 is 55.5 Å². The average molecular weight is 568 g/mol. The number of para-hydroxylation sites is 2. The summed E-state index contributed by atoms with van der Waals surface area (Å²) < 4.78 is 42.3. The number of aromatic amines is 1. The van der Waals surface area contributed by atoms with E-state index in [0.29, 0.717) is 0 Å². The standard InChI is InChI=1S/C25H31FN3O9P/c1-15(22(32)36-16-8-4-3-5-9-16)28-39(34)38-18-11-7-6-10-17(18)35-14-19-21(31)25(2,26)23(37-19)29-13-12-20(30)27-24(29)33/h6-7,10-13,15-16,19,21,23,31H,3-5,8-9,14H2,1-2H3,(H,27,30,33)/t15-,19+,21+,23+,25+/m0/s1. The summed E-state index contributed by atoms with van der Waals surface area (Å²) in [5, 5.41) is 10.6. The lowest BCUT2D eigenvalue weighted by molar-refractivity contribution is -0.170. The Morgan fingerprint density at radius 2 is 1.97 bits per heavy atom. The molecule has 2 fully saturated rings. The number of rotatable bonds is 9. The van der Waals surface area contributed by atoms with Crippen LogP contribution in [0.25, 0.3) is 0 Å². The summed E-state index contributed by atoms with van der Waals surface area (Å²) >= 11 is 0. The highest BCUT2D eigenvalue weighted by Crippen LogP contribution is 2.41. The summed E-state index contributed by atoms with van der Waals surface area (Å²) in [5.41, 5.74) is -3.95. The van der Waals surface area contributed by atoms with Gasteiger partial charge in [0.15, 0.2) is 23.7 Å². The Morgan fingerprint density at radius 3 is 2.67 bits per heavy atom. The third kappa shape index (κ3) is 6.91. The number of carbonyl (C=O) groups excluding carboxylic acids is 1. The molecule has 12 nitrogen and oxygen atoms in total. The topological polar surface area (TPSA) is 164 Å². The van der Waals surface area contributed by atoms with E-state index in [0.717, 1.165) is 55.9 Å². The molecule has 1 unspecified atom stereocenters. The van der Waals surface area contributed by atoms with Gasteiger partial charge in [-0.3, -0.25) is 18.9 Å². The van der Waals surface area contributed by atoms with Crippen molar-refractivity contribution in [1.29, 1.82) is 0 Å². The number of hydrogen-bond acceptors (Lipinski definition) is 10. The van der Waals surface area contributed by atoms with Gasteiger partial charge in [0.1, 0.15) is 24.9 Å². The van der Waals surface area contributed by atoms with Gasteiger partial charge >= 0.3 is 19.8 Å². The van der Waals surface area contributed by atoms with Crippen molar-refractivity contribution >= 4 is 14.1 Å². The van der Waals surface area contributed by atoms with E-state index in [2.05, 4.69) is 4.74 Å². The molecule has 0 radical (unpaired) electrons. The molecule has 1 aliphatic heterocycles. The third-order valence-corrected chi connectivity index (χ3v) is 7.58. The number of carbonyl (C=O) groups is 1. The molecule has 1 saturated heterocycles. The highest BCUT2D eigenvalue weighted by Gasteiger charge is 2.55. The molecule has 1 aromatic heterocycles. The minimum absolute atomic E-state index is 0.0408. The summed E-state index contributed by atoms with van der Waals surface area (Å²) in [6, 6.07) is 6.22. The molecule has 2 aliphatic rings. The van der Waals surface area contributed by atoms with Crippen molar-refractivity contribution in [1.82, 2.24) is 9.55 Å². The maximum absolute atomic E-state index is 15.4. The van der Waals surface area contributed by atoms with Crippen molar-refractivity contribution in [3.8, 4) is 11.5 Å². The lowest BCUT2D eigenvalue weighted by Gasteiger charge is -2.24. The molecule has 2 heterocycles. The fourth-order valence-electron chi connectivity index (χ4n) is 4.52. The lowest BCUT2D eigenvalue weighted by atomic mass is 9.98. The molecule has 212 valence electrons. The van der Waals surface area contributed by atoms with Crippen molar-refractivity contribution in [2.75, 3.05) is 6.61 Å². The van der Waals surface area contributed by atoms with Gasteiger partial charge in [0.25, 0.3) is 5.56 Å². The maximum Gasteiger partial charge on any atom is 0.395 e. The quantitative estimate of drug-likeness (QED) is 0.341. The van der Waals surface area contributed by atoms with Gasteiger partial charge in [0.05, 0.1) is 0 Å². The zero-order chi connectivity index (χ0) is 28.2. The predicted molar refractivity (Wildman–Crippen MR) is 135 cm³/mol. The van der Waals surface area contributed by atoms with Crippen LogP contribution in [0.5, 0.6) is 11.5 Å². The van der Waals surface area contributed by atoms with Gasteiger partial charge in [-0.25, -0.2) is 14.0 Å². The van der Waals surface area contributed by atoms with Crippen LogP contribution in [-0.4, -0.2) is 57.3 Å². The van der Waals surface area contributed by atoms with Crippen LogP contribution < -0.4 is 25.4 Å². The number of nitrogens with one attached hydrogen (secondary N) is 1. The van der Waals surface area contributed by atoms with Gasteiger partial charge in [-0.05, 0) is 51.7 Å². The summed E-state index contributed by atoms with van der Waals surface area (Å²) in [5.74, 6) is -0.426. The summed E-state index contributed by atoms with van der Waals surface area (Å²) in [6.45, 7) is 2.19. The molecule has 1 aliphatic carbocycles. The molecule has 0 bridgehead atoms. The average Bonchev–Trinajstić information content (AvgIpc) is 3.12. The zero-order valence-electron chi connectivity index (χ0n) is 21.5. The molecule has 6 atom stereocenters. The molecule has 39 heavy (non-hydrogen) atoms. The van der Waals surface area contributed by atoms with Crippen LogP contribution in [0.3, 0.4) is 0 Å². The molecule has 0 spiro atoms. The molecular formula is C25H31FN3O9P. The summed E-state index contributed by atoms with van der Waals surface area (Å²) in [7, 11) is -2.67. The monoisotopic (exact) mass is 567 g/mol. The van der Waals surface area contributed by atoms with Gasteiger partial charge in [-0.2, -0.15) is 0 Å². The number of nitrogens with zero attached hydrogens (tertiary/aromatic N) is 2. The van der Waals surface area contributed by atoms with E-state index in [4.69, 9.17) is 18.7 Å². The van der Waals surface area contributed by atoms with E-state index in [1.54, 1.807) is 12.1 Å². The number of hydrogen-bond donors (Lipinski definition) is 2. The molecule has 0 amide bonds. The van der Waals surface area contributed by atoms with Gasteiger partial charge in [-0.1, -0.05) is 23.3 Å². The second-order valence-electron chi connectivity index (χ2n) is 9.72. The first-order valence-electron chi connectivity index (χ1n) is 12.7. The van der Waals surface area contributed by atoms with Crippen molar-refractivity contribution in [2.45, 2.75) is 82.2 Å². The predicted octanol–water partition coefficient (Wildman–Crippen LogP) is 2.10. The van der Waals surface area contributed by atoms with E-state index in [9.17, 15) is 24.4 Å². The SMILES string of the molecule is C[C@H](N=[P+]([O-])Oc1ccccc1OC[C@H]1O[C@@H](n2ccc(=O)[nH]c2=O)[C@](C)(F)[C@@H]1O)C(=O)OC1CCCCC1. The lowest BCUT2D eigenvalue weighted by Crippen LogP contribution is -2.43. The van der Waals surface area contributed by atoms with E-state index in [1.165, 1.54) is 19.1 Å². The number of ether oxygens (including phenoxy) is 3. The van der Waals surface area contributed by atoms with Crippen molar-refractivity contribution in [2.24, 2.45) is 4.74 Å². The first-order valence-corrected chi connectivity index (χ1v) is 13.8. The van der Waals surface area contributed by atoms with Gasteiger partial charge in [0.2, 0.25) is 5.75 Å². The molecule has 4 rings (SSSR count). The van der Waals surface area contributed by atoms with Crippen molar-refractivity contribution < 1.29 is 37.9 Å². The number of benzene rings is 1. The molecule has 2 aromatic rings. The van der Waals surface area contributed by atoms with Crippen LogP contribution in [0, 0.1) is 0 Å². The Balaban J connectivity index is 1.39. The van der Waals surface area contributed by atoms with Crippen LogP contribution in [-0.2, 0) is 14.3 Å². The van der Waals surface area contributed by atoms with Gasteiger partial charge in [0, 0.05) is 12.3 Å². The number of halogens is 1. The normalized spacial score (nSPS) is 26.7. The third-order valence-electron chi connectivity index (χ3n) is 6.69. The second-order valence-corrected chi connectivity index (χ2v) is 10.6. The minimum atomic E-state index is -2.67. The Morgan fingerprint density at radius 1 is 1.28 bits per heavy atom. The first kappa shape index (κ1) is 28.9. The Bertz CT molecular complexity index is 1310. The highest BCUT2D eigenvalue weighted by molar-refractivity contribution is 7.34. The summed E-state index contributed by atoms with van der Waals surface area (Å²) in [6.07, 6.45) is 1.22. The Kier molecular flexibility index (Phi) is 9.16. The van der Waals surface area contributed by atoms with Gasteiger partial charge < -0.3 is 24.2 Å². The second kappa shape index (κ2) is 12.4. The summed E-state index contributed by atoms with van der Waals surface area (Å²) in [4.78, 5) is 50.4. The number of aliphatic hydroxyl groups excluding tert-OH is 1. The van der Waals surface area contributed by atoms with Crippen LogP contribution >= 0.6 is 8.17 Å². The van der Waals surface area contributed by atoms with E-state index >= 15 is 4.39 Å². The molecule has 1 aromatic carbocycles. The number of aliphatic hydroxyl groups is 1. The van der Waals surface area contributed by atoms with Crippen LogP contribution in [0.2, 0.25) is 0 Å². The van der Waals surface area contributed by atoms with E-state index in [-0.39, 0.29) is 24.2 Å². The van der Waals surface area contributed by atoms with Crippen molar-refractivity contribution in [3.05, 3.63) is 57.4 Å². The number of esters is 1. The Hall–Kier alpha value is -3.12. The smallest absolute Gasteiger partial charge is 0.395 e. The van der Waals surface area contributed by atoms with Crippen LogP contribution in [0.15, 0.2) is 50.9 Å². The first-order chi connectivity index (χ1) is 18.6. The largest absolute Gasteiger partial charge is 0.575 e. The molecular weight excluding hydrogens is 536 g/mol. The zero-order valence-corrected chi connectivity index (χ0v) is 22.4. The van der Waals surface area contributed by atoms with E-state index in [1.807, 2.05) is 4.98 Å². The fraction of sp³-hybridized carbons (Fsp3) is 0.560. The van der Waals surface area contributed by atoms with Crippen LogP contribution in [0.4, 0.5) is 4.39 Å². The number of aromatic nitrogens is 2. The van der Waals surface area contributed by atoms with Crippen LogP contribution in [0.1, 0.15) is 52.2 Å². The maximum atomic E-state index is 15.4. The number of alkyl halides is 1. The van der Waals surface area contributed by atoms with Crippen molar-refractivity contribution in [3.63, 3.8) is 0 Å². The molecule has 1 saturated carbocycles. The fourth-order valence-corrected chi connectivity index (χ4v) is 5.26. The number of H-pyrrole nitrogens is 1. The Labute approximate surface area is 224 Å². The molecule has 2 N–H and O–H groups in total.